The lowest BCUT2D eigenvalue weighted by Crippen LogP contribution is -2.23. The predicted octanol–water partition coefficient (Wildman–Crippen LogP) is 3.79. The van der Waals surface area contributed by atoms with E-state index in [0.29, 0.717) is 6.54 Å². The summed E-state index contributed by atoms with van der Waals surface area (Å²) in [6, 6.07) is 25.2. The second-order valence-corrected chi connectivity index (χ2v) is 5.89. The zero-order valence-electron chi connectivity index (χ0n) is 13.8. The average Bonchev–Trinajstić information content (AvgIpc) is 2.64. The number of nitrogens with two attached hydrogens (primary N) is 1. The molecular formula is C21H23N3. The third-order valence-electron chi connectivity index (χ3n) is 4.00. The molecule has 0 amide bonds. The highest BCUT2D eigenvalue weighted by atomic mass is 15.2. The molecule has 0 spiro atoms. The largest absolute Gasteiger partial charge is 0.348 e. The molecule has 1 heterocycles. The number of hydrogen-bond acceptors (Lipinski definition) is 3. The molecule has 0 aliphatic carbocycles. The molecule has 2 N–H and O–H groups in total. The topological polar surface area (TPSA) is 42.1 Å². The summed E-state index contributed by atoms with van der Waals surface area (Å²) in [5.74, 6) is 0.989. The summed E-state index contributed by atoms with van der Waals surface area (Å²) in [5, 5.41) is 0. The normalized spacial score (nSPS) is 10.5. The smallest absolute Gasteiger partial charge is 0.129 e. The molecule has 3 rings (SSSR count). The van der Waals surface area contributed by atoms with Crippen LogP contribution in [0.3, 0.4) is 0 Å². The molecule has 24 heavy (non-hydrogen) atoms. The van der Waals surface area contributed by atoms with E-state index < -0.39 is 0 Å². The van der Waals surface area contributed by atoms with Crippen molar-refractivity contribution in [3.05, 3.63) is 95.7 Å². The van der Waals surface area contributed by atoms with E-state index in [0.717, 1.165) is 25.3 Å². The van der Waals surface area contributed by atoms with Crippen LogP contribution in [0.2, 0.25) is 0 Å². The predicted molar refractivity (Wildman–Crippen MR) is 99.8 cm³/mol. The van der Waals surface area contributed by atoms with E-state index in [1.165, 1.54) is 16.7 Å². The number of anilines is 1. The Labute approximate surface area is 143 Å². The summed E-state index contributed by atoms with van der Waals surface area (Å²) >= 11 is 0. The maximum atomic E-state index is 5.62. The third kappa shape index (κ3) is 4.43. The molecule has 122 valence electrons. The van der Waals surface area contributed by atoms with Crippen molar-refractivity contribution in [3.63, 3.8) is 0 Å². The van der Waals surface area contributed by atoms with Crippen molar-refractivity contribution in [2.24, 2.45) is 5.73 Å². The second kappa shape index (κ2) is 8.27. The summed E-state index contributed by atoms with van der Waals surface area (Å²) in [6.07, 6.45) is 2.80. The van der Waals surface area contributed by atoms with Crippen molar-refractivity contribution in [2.45, 2.75) is 19.5 Å². The second-order valence-electron chi connectivity index (χ2n) is 5.89. The van der Waals surface area contributed by atoms with E-state index >= 15 is 0 Å². The van der Waals surface area contributed by atoms with Crippen molar-refractivity contribution >= 4 is 5.82 Å². The van der Waals surface area contributed by atoms with Gasteiger partial charge in [0, 0.05) is 19.3 Å². The summed E-state index contributed by atoms with van der Waals surface area (Å²) in [5.41, 5.74) is 9.36. The van der Waals surface area contributed by atoms with Crippen molar-refractivity contribution < 1.29 is 0 Å². The fraction of sp³-hybridized carbons (Fsp3) is 0.190. The quantitative estimate of drug-likeness (QED) is 0.721. The van der Waals surface area contributed by atoms with Crippen LogP contribution in [-0.2, 0) is 19.5 Å². The first-order valence-electron chi connectivity index (χ1n) is 8.33. The molecule has 0 fully saturated rings. The minimum Gasteiger partial charge on any atom is -0.348 e. The van der Waals surface area contributed by atoms with Gasteiger partial charge in [-0.3, -0.25) is 0 Å². The van der Waals surface area contributed by atoms with Crippen LogP contribution in [-0.4, -0.2) is 11.5 Å². The molecule has 2 aromatic carbocycles. The zero-order valence-corrected chi connectivity index (χ0v) is 13.8. The van der Waals surface area contributed by atoms with E-state index in [2.05, 4.69) is 70.5 Å². The van der Waals surface area contributed by atoms with Gasteiger partial charge < -0.3 is 10.6 Å². The van der Waals surface area contributed by atoms with Crippen molar-refractivity contribution in [2.75, 3.05) is 11.4 Å². The first-order chi connectivity index (χ1) is 11.8. The molecule has 3 aromatic rings. The van der Waals surface area contributed by atoms with Gasteiger partial charge in [-0.1, -0.05) is 66.7 Å². The molecule has 0 aliphatic heterocycles. The van der Waals surface area contributed by atoms with E-state index in [1.54, 1.807) is 0 Å². The lowest BCUT2D eigenvalue weighted by atomic mass is 10.1. The van der Waals surface area contributed by atoms with Gasteiger partial charge >= 0.3 is 0 Å². The van der Waals surface area contributed by atoms with Crippen LogP contribution < -0.4 is 10.6 Å². The highest BCUT2D eigenvalue weighted by molar-refractivity contribution is 5.41. The maximum Gasteiger partial charge on any atom is 0.129 e. The van der Waals surface area contributed by atoms with Gasteiger partial charge in [-0.15, -0.1) is 0 Å². The molecule has 1 aromatic heterocycles. The van der Waals surface area contributed by atoms with Gasteiger partial charge in [-0.05, 0) is 35.7 Å². The molecule has 0 radical (unpaired) electrons. The number of hydrogen-bond donors (Lipinski definition) is 1. The highest BCUT2D eigenvalue weighted by Gasteiger charge is 2.10. The molecule has 3 heteroatoms. The Bertz CT molecular complexity index is 683. The number of pyridine rings is 1. The molecule has 0 bridgehead atoms. The van der Waals surface area contributed by atoms with E-state index in [1.807, 2.05) is 18.3 Å². The molecule has 3 nitrogen and oxygen atoms in total. The van der Waals surface area contributed by atoms with Crippen LogP contribution in [0.1, 0.15) is 16.7 Å². The minimum atomic E-state index is 0.652. The fourth-order valence-electron chi connectivity index (χ4n) is 2.74. The van der Waals surface area contributed by atoms with Gasteiger partial charge in [0.25, 0.3) is 0 Å². The van der Waals surface area contributed by atoms with Crippen molar-refractivity contribution in [1.82, 2.24) is 4.98 Å². The Hall–Kier alpha value is -2.65. The lowest BCUT2D eigenvalue weighted by Gasteiger charge is -2.24. The van der Waals surface area contributed by atoms with Crippen LogP contribution in [0, 0.1) is 0 Å². The molecule has 0 saturated heterocycles. The zero-order chi connectivity index (χ0) is 16.6. The van der Waals surface area contributed by atoms with Crippen LogP contribution in [0.5, 0.6) is 0 Å². The number of aromatic nitrogens is 1. The first-order valence-corrected chi connectivity index (χ1v) is 8.33. The summed E-state index contributed by atoms with van der Waals surface area (Å²) < 4.78 is 0. The number of nitrogens with zero attached hydrogens (tertiary/aromatic N) is 2. The van der Waals surface area contributed by atoms with Crippen LogP contribution in [0.25, 0.3) is 0 Å². The van der Waals surface area contributed by atoms with E-state index in [9.17, 15) is 0 Å². The summed E-state index contributed by atoms with van der Waals surface area (Å²) in [7, 11) is 0. The molecule has 0 aliphatic rings. The maximum absolute atomic E-state index is 5.62. The Kier molecular flexibility index (Phi) is 5.59. The molecule has 0 unspecified atom stereocenters. The monoisotopic (exact) mass is 317 g/mol. The summed E-state index contributed by atoms with van der Waals surface area (Å²) in [4.78, 5) is 6.96. The van der Waals surface area contributed by atoms with E-state index in [-0.39, 0.29) is 0 Å². The number of rotatable bonds is 7. The van der Waals surface area contributed by atoms with Gasteiger partial charge in [0.1, 0.15) is 5.82 Å². The third-order valence-corrected chi connectivity index (χ3v) is 4.00. The first kappa shape index (κ1) is 16.2. The van der Waals surface area contributed by atoms with Crippen molar-refractivity contribution in [3.8, 4) is 0 Å². The summed E-state index contributed by atoms with van der Waals surface area (Å²) in [6.45, 7) is 2.32. The molecule has 0 atom stereocenters. The Morgan fingerprint density at radius 2 is 1.29 bits per heavy atom. The lowest BCUT2D eigenvalue weighted by molar-refractivity contribution is 0.781. The number of benzene rings is 2. The Morgan fingerprint density at radius 3 is 1.75 bits per heavy atom. The molecule has 0 saturated carbocycles. The van der Waals surface area contributed by atoms with Gasteiger partial charge in [-0.25, -0.2) is 4.98 Å². The van der Waals surface area contributed by atoms with Gasteiger partial charge in [0.05, 0.1) is 0 Å². The average molecular weight is 317 g/mol. The van der Waals surface area contributed by atoms with Crippen molar-refractivity contribution in [1.29, 1.82) is 0 Å². The van der Waals surface area contributed by atoms with Crippen LogP contribution >= 0.6 is 0 Å². The van der Waals surface area contributed by atoms with Crippen LogP contribution in [0.15, 0.2) is 79.0 Å². The SMILES string of the molecule is NCCc1ccc(N(Cc2ccccc2)Cc2ccccc2)nc1. The standard InChI is InChI=1S/C21H23N3/c22-14-13-18-11-12-21(23-15-18)24(16-19-7-3-1-4-8-19)17-20-9-5-2-6-10-20/h1-12,15H,13-14,16-17,22H2. The Morgan fingerprint density at radius 1 is 0.708 bits per heavy atom. The Balaban J connectivity index is 1.83. The fourth-order valence-corrected chi connectivity index (χ4v) is 2.74. The highest BCUT2D eigenvalue weighted by Crippen LogP contribution is 2.18. The van der Waals surface area contributed by atoms with E-state index in [4.69, 9.17) is 5.73 Å². The minimum absolute atomic E-state index is 0.652. The van der Waals surface area contributed by atoms with Gasteiger partial charge in [-0.2, -0.15) is 0 Å². The molecular weight excluding hydrogens is 294 g/mol. The van der Waals surface area contributed by atoms with Gasteiger partial charge in [0.15, 0.2) is 0 Å². The van der Waals surface area contributed by atoms with Gasteiger partial charge in [0.2, 0.25) is 0 Å². The van der Waals surface area contributed by atoms with Crippen LogP contribution in [0.4, 0.5) is 5.82 Å².